The summed E-state index contributed by atoms with van der Waals surface area (Å²) in [6, 6.07) is 3.52. The quantitative estimate of drug-likeness (QED) is 0.565. The molecule has 0 N–H and O–H groups in total. The minimum absolute atomic E-state index is 0.427. The summed E-state index contributed by atoms with van der Waals surface area (Å²) >= 11 is 0. The monoisotopic (exact) mass is 151 g/mol. The van der Waals surface area contributed by atoms with E-state index in [-0.39, 0.29) is 0 Å². The van der Waals surface area contributed by atoms with Gasteiger partial charge in [0, 0.05) is 0 Å². The number of hydrogen-bond acceptors (Lipinski definition) is 2. The summed E-state index contributed by atoms with van der Waals surface area (Å²) in [5.41, 5.74) is 1.31. The first-order chi connectivity index (χ1) is 5.27. The van der Waals surface area contributed by atoms with Gasteiger partial charge in [-0.1, -0.05) is 0 Å². The molecular weight excluding hydrogens is 145 g/mol. The summed E-state index contributed by atoms with van der Waals surface area (Å²) in [5.74, 6) is -0.427. The number of hydrogen-bond donors (Lipinski definition) is 0. The van der Waals surface area contributed by atoms with E-state index < -0.39 is 5.95 Å². The van der Waals surface area contributed by atoms with Gasteiger partial charge in [0.05, 0.1) is 11.9 Å². The Kier molecular flexibility index (Phi) is 1.15. The summed E-state index contributed by atoms with van der Waals surface area (Å²) in [6.07, 6.45) is 1.15. The largest absolute Gasteiger partial charge is 0.234 e. The highest BCUT2D eigenvalue weighted by molar-refractivity contribution is 5.36. The molecule has 56 valence electrons. The zero-order valence-electron chi connectivity index (χ0n) is 5.95. The third-order valence-corrected chi connectivity index (χ3v) is 1.45. The van der Waals surface area contributed by atoms with Crippen molar-refractivity contribution in [3.8, 4) is 0 Å². The van der Waals surface area contributed by atoms with Gasteiger partial charge >= 0.3 is 0 Å². The maximum Gasteiger partial charge on any atom is 0.234 e. The predicted octanol–water partition coefficient (Wildman–Crippen LogP) is 1.18. The van der Waals surface area contributed by atoms with Crippen LogP contribution in [0.25, 0.3) is 5.65 Å². The van der Waals surface area contributed by atoms with Gasteiger partial charge in [-0.25, -0.2) is 4.98 Å². The van der Waals surface area contributed by atoms with Crippen LogP contribution >= 0.6 is 0 Å². The average Bonchev–Trinajstić information content (AvgIpc) is 2.33. The molecule has 0 amide bonds. The van der Waals surface area contributed by atoms with Crippen molar-refractivity contribution in [3.63, 3.8) is 0 Å². The van der Waals surface area contributed by atoms with Crippen LogP contribution in [0.5, 0.6) is 0 Å². The molecule has 0 radical (unpaired) electrons. The molecule has 0 spiro atoms. The fraction of sp³-hybridized carbons (Fsp3) is 0.143. The van der Waals surface area contributed by atoms with Crippen LogP contribution in [0.1, 0.15) is 5.69 Å². The molecule has 3 nitrogen and oxygen atoms in total. The molecular formula is C7H6FN3. The molecule has 2 aromatic heterocycles. The Morgan fingerprint density at radius 2 is 2.27 bits per heavy atom. The molecule has 0 atom stereocenters. The molecule has 0 saturated carbocycles. The van der Waals surface area contributed by atoms with Gasteiger partial charge in [0.25, 0.3) is 0 Å². The minimum Gasteiger partial charge on any atom is -0.232 e. The fourth-order valence-electron chi connectivity index (χ4n) is 0.937. The third-order valence-electron chi connectivity index (χ3n) is 1.45. The lowest BCUT2D eigenvalue weighted by Gasteiger charge is -1.93. The summed E-state index contributed by atoms with van der Waals surface area (Å²) in [5, 5.41) is 3.91. The maximum absolute atomic E-state index is 12.8. The van der Waals surface area contributed by atoms with Crippen molar-refractivity contribution in [2.24, 2.45) is 0 Å². The van der Waals surface area contributed by atoms with E-state index >= 15 is 0 Å². The highest BCUT2D eigenvalue weighted by Crippen LogP contribution is 2.02. The summed E-state index contributed by atoms with van der Waals surface area (Å²) in [6.45, 7) is 1.80. The predicted molar refractivity (Wildman–Crippen MR) is 37.7 cm³/mol. The second-order valence-electron chi connectivity index (χ2n) is 2.33. The van der Waals surface area contributed by atoms with Crippen LogP contribution < -0.4 is 0 Å². The highest BCUT2D eigenvalue weighted by atomic mass is 19.1. The van der Waals surface area contributed by atoms with Gasteiger partial charge in [-0.05, 0) is 19.1 Å². The maximum atomic E-state index is 12.8. The first-order valence-corrected chi connectivity index (χ1v) is 3.24. The van der Waals surface area contributed by atoms with Gasteiger partial charge in [-0.2, -0.15) is 14.0 Å². The van der Waals surface area contributed by atoms with Gasteiger partial charge in [0.1, 0.15) is 0 Å². The molecule has 2 aromatic rings. The molecule has 0 aliphatic rings. The lowest BCUT2D eigenvalue weighted by molar-refractivity contribution is 0.546. The lowest BCUT2D eigenvalue weighted by atomic mass is 10.4. The van der Waals surface area contributed by atoms with Crippen LogP contribution in [0.4, 0.5) is 4.39 Å². The Labute approximate surface area is 62.5 Å². The Morgan fingerprint density at radius 1 is 1.45 bits per heavy atom. The van der Waals surface area contributed by atoms with E-state index in [1.165, 1.54) is 4.52 Å². The van der Waals surface area contributed by atoms with Crippen molar-refractivity contribution in [2.75, 3.05) is 0 Å². The molecule has 0 aliphatic carbocycles. The molecule has 2 heterocycles. The van der Waals surface area contributed by atoms with E-state index in [9.17, 15) is 4.39 Å². The molecule has 11 heavy (non-hydrogen) atoms. The van der Waals surface area contributed by atoms with Crippen molar-refractivity contribution in [1.29, 1.82) is 0 Å². The molecule has 0 saturated heterocycles. The van der Waals surface area contributed by atoms with Gasteiger partial charge in [-0.15, -0.1) is 0 Å². The first-order valence-electron chi connectivity index (χ1n) is 3.24. The van der Waals surface area contributed by atoms with Crippen molar-refractivity contribution < 1.29 is 4.39 Å². The number of aryl methyl sites for hydroxylation is 1. The molecule has 0 aromatic carbocycles. The van der Waals surface area contributed by atoms with E-state index in [1.54, 1.807) is 19.1 Å². The van der Waals surface area contributed by atoms with Crippen LogP contribution in [0, 0.1) is 12.9 Å². The number of fused-ring (bicyclic) bond motifs is 1. The van der Waals surface area contributed by atoms with Gasteiger partial charge in [0.2, 0.25) is 5.95 Å². The van der Waals surface area contributed by atoms with Crippen LogP contribution in [0.15, 0.2) is 18.3 Å². The topological polar surface area (TPSA) is 30.2 Å². The van der Waals surface area contributed by atoms with Gasteiger partial charge in [0.15, 0.2) is 5.65 Å². The molecule has 0 bridgehead atoms. The van der Waals surface area contributed by atoms with Crippen LogP contribution in [0.3, 0.4) is 0 Å². The standard InChI is InChI=1S/C7H6FN3/c1-5-2-3-7-9-4-6(8)11(7)10-5/h2-4H,1H3. The summed E-state index contributed by atoms with van der Waals surface area (Å²) < 4.78 is 13.9. The van der Waals surface area contributed by atoms with E-state index in [0.29, 0.717) is 5.65 Å². The number of aromatic nitrogens is 3. The molecule has 2 rings (SSSR count). The highest BCUT2D eigenvalue weighted by Gasteiger charge is 2.01. The van der Waals surface area contributed by atoms with Crippen LogP contribution in [0.2, 0.25) is 0 Å². The number of halogens is 1. The Bertz CT molecular complexity index is 393. The lowest BCUT2D eigenvalue weighted by Crippen LogP contribution is -1.95. The van der Waals surface area contributed by atoms with E-state index in [2.05, 4.69) is 10.1 Å². The van der Waals surface area contributed by atoms with Crippen molar-refractivity contribution in [2.45, 2.75) is 6.92 Å². The SMILES string of the molecule is Cc1ccc2ncc(F)n2n1. The molecule has 0 unspecified atom stereocenters. The van der Waals surface area contributed by atoms with Gasteiger partial charge < -0.3 is 0 Å². The second kappa shape index (κ2) is 2.02. The normalized spacial score (nSPS) is 10.7. The van der Waals surface area contributed by atoms with E-state index in [0.717, 1.165) is 11.9 Å². The van der Waals surface area contributed by atoms with Crippen LogP contribution in [-0.4, -0.2) is 14.6 Å². The summed E-state index contributed by atoms with van der Waals surface area (Å²) in [7, 11) is 0. The third kappa shape index (κ3) is 0.869. The molecule has 4 heteroatoms. The number of nitrogens with zero attached hydrogens (tertiary/aromatic N) is 3. The molecule has 0 fully saturated rings. The Hall–Kier alpha value is -1.45. The number of imidazole rings is 1. The fourth-order valence-corrected chi connectivity index (χ4v) is 0.937. The van der Waals surface area contributed by atoms with Crippen molar-refractivity contribution in [3.05, 3.63) is 30.0 Å². The Balaban J connectivity index is 2.87. The van der Waals surface area contributed by atoms with Gasteiger partial charge in [-0.3, -0.25) is 0 Å². The van der Waals surface area contributed by atoms with Crippen molar-refractivity contribution >= 4 is 5.65 Å². The average molecular weight is 151 g/mol. The summed E-state index contributed by atoms with van der Waals surface area (Å²) in [4.78, 5) is 3.78. The zero-order valence-corrected chi connectivity index (χ0v) is 5.95. The minimum atomic E-state index is -0.427. The number of rotatable bonds is 0. The van der Waals surface area contributed by atoms with E-state index in [1.807, 2.05) is 0 Å². The second-order valence-corrected chi connectivity index (χ2v) is 2.33. The Morgan fingerprint density at radius 3 is 3.09 bits per heavy atom. The zero-order chi connectivity index (χ0) is 7.84. The van der Waals surface area contributed by atoms with Crippen molar-refractivity contribution in [1.82, 2.24) is 14.6 Å². The molecule has 0 aliphatic heterocycles. The smallest absolute Gasteiger partial charge is 0.232 e. The van der Waals surface area contributed by atoms with Crippen LogP contribution in [-0.2, 0) is 0 Å². The van der Waals surface area contributed by atoms with E-state index in [4.69, 9.17) is 0 Å². The first kappa shape index (κ1) is 6.27.